The zero-order valence-corrected chi connectivity index (χ0v) is 16.8. The van der Waals surface area contributed by atoms with Gasteiger partial charge in [0.15, 0.2) is 0 Å². The van der Waals surface area contributed by atoms with Crippen molar-refractivity contribution in [1.29, 1.82) is 0 Å². The minimum Gasteiger partial charge on any atom is -0.337 e. The Hall–Kier alpha value is -3.88. The largest absolute Gasteiger partial charge is 0.337 e. The summed E-state index contributed by atoms with van der Waals surface area (Å²) in [6, 6.07) is 11.6. The maximum Gasteiger partial charge on any atom is 0.256 e. The van der Waals surface area contributed by atoms with E-state index in [2.05, 4.69) is 20.3 Å². The van der Waals surface area contributed by atoms with Gasteiger partial charge in [-0.2, -0.15) is 20.0 Å². The number of hydrogen-bond donors (Lipinski definition) is 0. The third-order valence-corrected chi connectivity index (χ3v) is 5.52. The summed E-state index contributed by atoms with van der Waals surface area (Å²) in [6.07, 6.45) is 4.65. The number of benzene rings is 2. The second-order valence-electron chi connectivity index (χ2n) is 7.36. The fraction of sp³-hybridized carbons (Fsp3) is 0.227. The number of aromatic nitrogens is 5. The van der Waals surface area contributed by atoms with Crippen LogP contribution in [0, 0.1) is 12.7 Å². The summed E-state index contributed by atoms with van der Waals surface area (Å²) >= 11 is 0. The second-order valence-corrected chi connectivity index (χ2v) is 7.36. The van der Waals surface area contributed by atoms with Crippen LogP contribution in [0.4, 0.5) is 4.39 Å². The second kappa shape index (κ2) is 7.75. The van der Waals surface area contributed by atoms with Crippen LogP contribution >= 0.6 is 0 Å². The number of likely N-dealkylation sites (tertiary alicyclic amines) is 1. The van der Waals surface area contributed by atoms with Crippen molar-refractivity contribution in [1.82, 2.24) is 30.0 Å². The Morgan fingerprint density at radius 1 is 1.13 bits per heavy atom. The first kappa shape index (κ1) is 19.1. The highest BCUT2D eigenvalue weighted by Gasteiger charge is 2.35. The third kappa shape index (κ3) is 3.37. The molecule has 0 radical (unpaired) electrons. The molecule has 31 heavy (non-hydrogen) atoms. The van der Waals surface area contributed by atoms with Crippen molar-refractivity contribution in [3.8, 4) is 17.1 Å². The molecule has 1 saturated heterocycles. The van der Waals surface area contributed by atoms with E-state index < -0.39 is 0 Å². The summed E-state index contributed by atoms with van der Waals surface area (Å²) < 4.78 is 19.4. The molecule has 0 N–H and O–H groups in total. The normalized spacial score (nSPS) is 16.1. The fourth-order valence-electron chi connectivity index (χ4n) is 3.92. The molecule has 0 aliphatic carbocycles. The number of hydrogen-bond acceptors (Lipinski definition) is 6. The standard InChI is InChI=1S/C22H19FN6O2/c1-14-15(7-4-8-17(14)23)20-26-21(31-27-20)19-10-5-13-28(19)22(30)16-6-2-3-9-18(16)29-24-11-12-25-29/h2-4,6-9,11-12,19H,5,10,13H2,1H3/t19-/m0/s1. The van der Waals surface area contributed by atoms with E-state index >= 15 is 0 Å². The number of halogens is 1. The van der Waals surface area contributed by atoms with Crippen LogP contribution < -0.4 is 0 Å². The summed E-state index contributed by atoms with van der Waals surface area (Å²) in [6.45, 7) is 2.24. The van der Waals surface area contributed by atoms with E-state index in [1.165, 1.54) is 10.9 Å². The number of carbonyl (C=O) groups excluding carboxylic acids is 1. The Bertz CT molecular complexity index is 1240. The van der Waals surface area contributed by atoms with Crippen molar-refractivity contribution < 1.29 is 13.7 Å². The predicted molar refractivity (Wildman–Crippen MR) is 109 cm³/mol. The van der Waals surface area contributed by atoms with Gasteiger partial charge in [-0.15, -0.1) is 0 Å². The molecule has 4 aromatic rings. The van der Waals surface area contributed by atoms with E-state index in [9.17, 15) is 9.18 Å². The molecule has 1 aliphatic rings. The Morgan fingerprint density at radius 3 is 2.77 bits per heavy atom. The first-order chi connectivity index (χ1) is 15.1. The molecule has 8 nitrogen and oxygen atoms in total. The van der Waals surface area contributed by atoms with Crippen molar-refractivity contribution >= 4 is 5.91 Å². The highest BCUT2D eigenvalue weighted by Crippen LogP contribution is 2.34. The monoisotopic (exact) mass is 418 g/mol. The zero-order valence-electron chi connectivity index (χ0n) is 16.8. The topological polar surface area (TPSA) is 89.9 Å². The Labute approximate surface area is 177 Å². The maximum atomic E-state index is 13.9. The molecule has 0 saturated carbocycles. The molecular weight excluding hydrogens is 399 g/mol. The van der Waals surface area contributed by atoms with Crippen LogP contribution in [0.25, 0.3) is 17.1 Å². The summed E-state index contributed by atoms with van der Waals surface area (Å²) in [5, 5.41) is 12.3. The van der Waals surface area contributed by atoms with Gasteiger partial charge in [-0.05, 0) is 43.5 Å². The summed E-state index contributed by atoms with van der Waals surface area (Å²) in [4.78, 5) is 21.1. The number of carbonyl (C=O) groups is 1. The van der Waals surface area contributed by atoms with Crippen LogP contribution in [0.15, 0.2) is 59.4 Å². The molecule has 9 heteroatoms. The van der Waals surface area contributed by atoms with Gasteiger partial charge in [-0.3, -0.25) is 4.79 Å². The predicted octanol–water partition coefficient (Wildman–Crippen LogP) is 3.74. The summed E-state index contributed by atoms with van der Waals surface area (Å²) in [5.41, 5.74) is 2.12. The highest BCUT2D eigenvalue weighted by atomic mass is 19.1. The summed E-state index contributed by atoms with van der Waals surface area (Å²) in [5.74, 6) is 0.175. The minimum absolute atomic E-state index is 0.155. The van der Waals surface area contributed by atoms with Gasteiger partial charge in [0, 0.05) is 12.1 Å². The van der Waals surface area contributed by atoms with E-state index in [1.807, 2.05) is 12.1 Å². The molecule has 1 aliphatic heterocycles. The molecule has 1 fully saturated rings. The lowest BCUT2D eigenvalue weighted by Crippen LogP contribution is -2.31. The SMILES string of the molecule is Cc1c(F)cccc1-c1noc([C@@H]2CCCN2C(=O)c2ccccc2-n2nccn2)n1. The van der Waals surface area contributed by atoms with E-state index in [0.29, 0.717) is 47.1 Å². The minimum atomic E-state index is -0.346. The van der Waals surface area contributed by atoms with Crippen LogP contribution in [0.2, 0.25) is 0 Å². The summed E-state index contributed by atoms with van der Waals surface area (Å²) in [7, 11) is 0. The first-order valence-electron chi connectivity index (χ1n) is 9.99. The molecule has 0 spiro atoms. The molecule has 156 valence electrons. The lowest BCUT2D eigenvalue weighted by Gasteiger charge is -2.22. The van der Waals surface area contributed by atoms with Crippen molar-refractivity contribution in [2.75, 3.05) is 6.54 Å². The molecule has 3 heterocycles. The number of rotatable bonds is 4. The Balaban J connectivity index is 1.46. The average molecular weight is 418 g/mol. The molecule has 0 bridgehead atoms. The zero-order chi connectivity index (χ0) is 21.4. The quantitative estimate of drug-likeness (QED) is 0.502. The van der Waals surface area contributed by atoms with Gasteiger partial charge in [0.05, 0.1) is 23.6 Å². The Kier molecular flexibility index (Phi) is 4.78. The molecule has 5 rings (SSSR count). The van der Waals surface area contributed by atoms with Crippen molar-refractivity contribution in [2.24, 2.45) is 0 Å². The van der Waals surface area contributed by atoms with E-state index in [-0.39, 0.29) is 17.8 Å². The van der Waals surface area contributed by atoms with Crippen LogP contribution in [-0.2, 0) is 0 Å². The van der Waals surface area contributed by atoms with Crippen molar-refractivity contribution in [2.45, 2.75) is 25.8 Å². The Morgan fingerprint density at radius 2 is 1.94 bits per heavy atom. The fourth-order valence-corrected chi connectivity index (χ4v) is 3.92. The van der Waals surface area contributed by atoms with E-state index in [1.54, 1.807) is 48.5 Å². The molecular formula is C22H19FN6O2. The van der Waals surface area contributed by atoms with Crippen LogP contribution in [0.1, 0.15) is 40.7 Å². The lowest BCUT2D eigenvalue weighted by atomic mass is 10.1. The lowest BCUT2D eigenvalue weighted by molar-refractivity contribution is 0.0709. The van der Waals surface area contributed by atoms with E-state index in [0.717, 1.165) is 6.42 Å². The van der Waals surface area contributed by atoms with Gasteiger partial charge in [-0.25, -0.2) is 4.39 Å². The first-order valence-corrected chi connectivity index (χ1v) is 9.99. The number of nitrogens with zero attached hydrogens (tertiary/aromatic N) is 6. The maximum absolute atomic E-state index is 13.9. The van der Waals surface area contributed by atoms with Gasteiger partial charge in [0.1, 0.15) is 11.9 Å². The molecule has 2 aromatic heterocycles. The van der Waals surface area contributed by atoms with Crippen LogP contribution in [0.5, 0.6) is 0 Å². The van der Waals surface area contributed by atoms with Crippen LogP contribution in [-0.4, -0.2) is 42.5 Å². The van der Waals surface area contributed by atoms with Gasteiger partial charge < -0.3 is 9.42 Å². The molecule has 1 atom stereocenters. The number of amides is 1. The van der Waals surface area contributed by atoms with Crippen molar-refractivity contribution in [3.05, 3.63) is 77.7 Å². The van der Waals surface area contributed by atoms with Gasteiger partial charge in [0.2, 0.25) is 11.7 Å². The smallest absolute Gasteiger partial charge is 0.256 e. The third-order valence-electron chi connectivity index (χ3n) is 5.52. The van der Waals surface area contributed by atoms with Gasteiger partial charge in [0.25, 0.3) is 5.91 Å². The highest BCUT2D eigenvalue weighted by molar-refractivity contribution is 5.98. The van der Waals surface area contributed by atoms with Gasteiger partial charge >= 0.3 is 0 Å². The van der Waals surface area contributed by atoms with Crippen molar-refractivity contribution in [3.63, 3.8) is 0 Å². The molecule has 0 unspecified atom stereocenters. The van der Waals surface area contributed by atoms with E-state index in [4.69, 9.17) is 4.52 Å². The van der Waals surface area contributed by atoms with Gasteiger partial charge in [-0.1, -0.05) is 29.4 Å². The molecule has 1 amide bonds. The number of para-hydroxylation sites is 1. The van der Waals surface area contributed by atoms with Crippen LogP contribution in [0.3, 0.4) is 0 Å². The average Bonchev–Trinajstić information content (AvgIpc) is 3.55. The molecule has 2 aromatic carbocycles.